The monoisotopic (exact) mass is 456 g/mol. The Balaban J connectivity index is 1.53. The Labute approximate surface area is 188 Å². The number of aryl methyl sites for hydroxylation is 1. The Hall–Kier alpha value is -3.10. The van der Waals surface area contributed by atoms with E-state index in [4.69, 9.17) is 11.6 Å². The van der Waals surface area contributed by atoms with Gasteiger partial charge in [0.2, 0.25) is 0 Å². The van der Waals surface area contributed by atoms with Gasteiger partial charge >= 0.3 is 0 Å². The maximum absolute atomic E-state index is 12.3. The molecule has 3 aromatic rings. The molecule has 0 unspecified atom stereocenters. The van der Waals surface area contributed by atoms with Crippen molar-refractivity contribution in [3.05, 3.63) is 92.9 Å². The zero-order valence-electron chi connectivity index (χ0n) is 16.8. The van der Waals surface area contributed by atoms with Gasteiger partial charge in [0.25, 0.3) is 17.4 Å². The fraction of sp³-hybridized carbons (Fsp3) is 0.182. The van der Waals surface area contributed by atoms with E-state index in [0.717, 1.165) is 16.2 Å². The van der Waals surface area contributed by atoms with Gasteiger partial charge < -0.3 is 0 Å². The number of amides is 2. The molecule has 2 aromatic carbocycles. The fourth-order valence-electron chi connectivity index (χ4n) is 2.64. The van der Waals surface area contributed by atoms with Crippen molar-refractivity contribution in [2.24, 2.45) is 0 Å². The summed E-state index contributed by atoms with van der Waals surface area (Å²) in [5.74, 6) is -0.305. The highest BCUT2D eigenvalue weighted by Gasteiger charge is 2.12. The van der Waals surface area contributed by atoms with Crippen LogP contribution in [-0.4, -0.2) is 21.6 Å². The second kappa shape index (κ2) is 10.8. The summed E-state index contributed by atoms with van der Waals surface area (Å²) in [4.78, 5) is 37.3. The molecule has 0 aliphatic rings. The standard InChI is InChI=1S/C22H21ClN4O3S/c1-2-13-27-20(28)12-11-19(26-27)22(30)25-24-21(29)16-5-3-15(4-6-16)14-31-18-9-7-17(23)8-10-18/h3-12H,2,13-14H2,1H3,(H,24,29)(H,25,30). The van der Waals surface area contributed by atoms with Crippen molar-refractivity contribution >= 4 is 35.2 Å². The molecule has 0 fully saturated rings. The van der Waals surface area contributed by atoms with Crippen LogP contribution >= 0.6 is 23.4 Å². The summed E-state index contributed by atoms with van der Waals surface area (Å²) in [7, 11) is 0. The molecular formula is C22H21ClN4O3S. The minimum atomic E-state index is -0.603. The van der Waals surface area contributed by atoms with Crippen LogP contribution in [0.3, 0.4) is 0 Å². The first-order chi connectivity index (χ1) is 15.0. The number of nitrogens with zero attached hydrogens (tertiary/aromatic N) is 2. The van der Waals surface area contributed by atoms with E-state index in [-0.39, 0.29) is 11.3 Å². The van der Waals surface area contributed by atoms with Gasteiger partial charge in [-0.2, -0.15) is 5.10 Å². The Bertz CT molecular complexity index is 1110. The number of halogens is 1. The molecule has 9 heteroatoms. The number of nitrogens with one attached hydrogen (secondary N) is 2. The lowest BCUT2D eigenvalue weighted by Crippen LogP contribution is -2.42. The Morgan fingerprint density at radius 1 is 0.968 bits per heavy atom. The van der Waals surface area contributed by atoms with Crippen LogP contribution < -0.4 is 16.4 Å². The van der Waals surface area contributed by atoms with Gasteiger partial charge in [0.05, 0.1) is 0 Å². The highest BCUT2D eigenvalue weighted by atomic mass is 35.5. The number of thioether (sulfide) groups is 1. The molecule has 31 heavy (non-hydrogen) atoms. The summed E-state index contributed by atoms with van der Waals surface area (Å²) in [6.07, 6.45) is 0.711. The van der Waals surface area contributed by atoms with Crippen LogP contribution in [0.2, 0.25) is 5.02 Å². The topological polar surface area (TPSA) is 93.1 Å². The van der Waals surface area contributed by atoms with E-state index >= 15 is 0 Å². The number of benzene rings is 2. The Morgan fingerprint density at radius 2 is 1.65 bits per heavy atom. The van der Waals surface area contributed by atoms with Gasteiger partial charge in [-0.15, -0.1) is 11.8 Å². The van der Waals surface area contributed by atoms with Crippen LogP contribution in [0, 0.1) is 0 Å². The van der Waals surface area contributed by atoms with Gasteiger partial charge in [-0.25, -0.2) is 4.68 Å². The van der Waals surface area contributed by atoms with Crippen LogP contribution in [0.25, 0.3) is 0 Å². The maximum Gasteiger partial charge on any atom is 0.290 e. The van der Waals surface area contributed by atoms with Crippen molar-refractivity contribution < 1.29 is 9.59 Å². The van der Waals surface area contributed by atoms with E-state index < -0.39 is 11.8 Å². The van der Waals surface area contributed by atoms with Crippen molar-refractivity contribution in [2.45, 2.75) is 30.5 Å². The molecule has 1 heterocycles. The molecule has 2 amide bonds. The number of carbonyl (C=O) groups excluding carboxylic acids is 2. The molecule has 3 rings (SSSR count). The van der Waals surface area contributed by atoms with Crippen LogP contribution in [0.1, 0.15) is 39.8 Å². The second-order valence-electron chi connectivity index (χ2n) is 6.63. The lowest BCUT2D eigenvalue weighted by molar-refractivity contribution is 0.0842. The minimum Gasteiger partial charge on any atom is -0.268 e. The summed E-state index contributed by atoms with van der Waals surface area (Å²) in [6.45, 7) is 2.32. The summed E-state index contributed by atoms with van der Waals surface area (Å²) in [5.41, 5.74) is 5.91. The molecular weight excluding hydrogens is 436 g/mol. The molecule has 1 aromatic heterocycles. The smallest absolute Gasteiger partial charge is 0.268 e. The highest BCUT2D eigenvalue weighted by molar-refractivity contribution is 7.98. The van der Waals surface area contributed by atoms with Gasteiger partial charge in [-0.1, -0.05) is 30.7 Å². The van der Waals surface area contributed by atoms with Crippen molar-refractivity contribution in [1.29, 1.82) is 0 Å². The number of aromatic nitrogens is 2. The van der Waals surface area contributed by atoms with Crippen LogP contribution in [0.15, 0.2) is 70.4 Å². The van der Waals surface area contributed by atoms with E-state index in [1.54, 1.807) is 23.9 Å². The first-order valence-electron chi connectivity index (χ1n) is 9.62. The number of rotatable bonds is 7. The lowest BCUT2D eigenvalue weighted by atomic mass is 10.1. The normalized spacial score (nSPS) is 10.5. The number of hydrogen-bond acceptors (Lipinski definition) is 5. The molecule has 7 nitrogen and oxygen atoms in total. The van der Waals surface area contributed by atoms with Gasteiger partial charge in [0.15, 0.2) is 5.69 Å². The van der Waals surface area contributed by atoms with E-state index in [1.165, 1.54) is 16.8 Å². The van der Waals surface area contributed by atoms with E-state index in [0.29, 0.717) is 23.6 Å². The molecule has 0 atom stereocenters. The highest BCUT2D eigenvalue weighted by Crippen LogP contribution is 2.24. The molecule has 0 spiro atoms. The largest absolute Gasteiger partial charge is 0.290 e. The Morgan fingerprint density at radius 3 is 2.32 bits per heavy atom. The maximum atomic E-state index is 12.3. The lowest BCUT2D eigenvalue weighted by Gasteiger charge is -2.09. The van der Waals surface area contributed by atoms with Crippen molar-refractivity contribution in [3.8, 4) is 0 Å². The van der Waals surface area contributed by atoms with Crippen molar-refractivity contribution in [2.75, 3.05) is 0 Å². The van der Waals surface area contributed by atoms with Gasteiger partial charge in [-0.3, -0.25) is 25.2 Å². The predicted octanol–water partition coefficient (Wildman–Crippen LogP) is 3.67. The van der Waals surface area contributed by atoms with Gasteiger partial charge in [0.1, 0.15) is 0 Å². The second-order valence-corrected chi connectivity index (χ2v) is 8.11. The average molecular weight is 457 g/mol. The van der Waals surface area contributed by atoms with Crippen molar-refractivity contribution in [3.63, 3.8) is 0 Å². The number of hydrogen-bond donors (Lipinski definition) is 2. The molecule has 0 saturated heterocycles. The molecule has 2 N–H and O–H groups in total. The first-order valence-corrected chi connectivity index (χ1v) is 11.0. The summed E-state index contributed by atoms with van der Waals surface area (Å²) >= 11 is 7.56. The first kappa shape index (κ1) is 22.6. The fourth-order valence-corrected chi connectivity index (χ4v) is 3.62. The third-order valence-corrected chi connectivity index (χ3v) is 5.59. The number of hydrazine groups is 1. The van der Waals surface area contributed by atoms with Crippen molar-refractivity contribution in [1.82, 2.24) is 20.6 Å². The molecule has 0 radical (unpaired) electrons. The van der Waals surface area contributed by atoms with Crippen LogP contribution in [-0.2, 0) is 12.3 Å². The third-order valence-electron chi connectivity index (χ3n) is 4.26. The van der Waals surface area contributed by atoms with Gasteiger partial charge in [-0.05, 0) is 54.4 Å². The molecule has 0 aliphatic heterocycles. The summed E-state index contributed by atoms with van der Waals surface area (Å²) in [6, 6.07) is 17.3. The minimum absolute atomic E-state index is 0.0444. The Kier molecular flexibility index (Phi) is 7.86. The van der Waals surface area contributed by atoms with E-state index in [9.17, 15) is 14.4 Å². The third kappa shape index (κ3) is 6.44. The zero-order chi connectivity index (χ0) is 22.2. The molecule has 160 valence electrons. The SMILES string of the molecule is CCCn1nc(C(=O)NNC(=O)c2ccc(CSc3ccc(Cl)cc3)cc2)ccc1=O. The van der Waals surface area contributed by atoms with E-state index in [2.05, 4.69) is 16.0 Å². The molecule has 0 bridgehead atoms. The quantitative estimate of drug-likeness (QED) is 0.418. The summed E-state index contributed by atoms with van der Waals surface area (Å²) < 4.78 is 1.22. The van der Waals surface area contributed by atoms with E-state index in [1.807, 2.05) is 43.3 Å². The molecule has 0 saturated carbocycles. The molecule has 0 aliphatic carbocycles. The van der Waals surface area contributed by atoms with Crippen LogP contribution in [0.4, 0.5) is 0 Å². The average Bonchev–Trinajstić information content (AvgIpc) is 2.79. The zero-order valence-corrected chi connectivity index (χ0v) is 18.4. The predicted molar refractivity (Wildman–Crippen MR) is 121 cm³/mol. The van der Waals surface area contributed by atoms with Crippen LogP contribution in [0.5, 0.6) is 0 Å². The number of carbonyl (C=O) groups is 2. The van der Waals surface area contributed by atoms with Gasteiger partial charge in [0, 0.05) is 33.8 Å². The summed E-state index contributed by atoms with van der Waals surface area (Å²) in [5, 5.41) is 4.70.